The first-order valence-corrected chi connectivity index (χ1v) is 8.64. The third-order valence-electron chi connectivity index (χ3n) is 3.61. The molecule has 98 valence electrons. The molecular weight excluding hydrogens is 238 g/mol. The Bertz CT molecular complexity index is 335. The van der Waals surface area contributed by atoms with Crippen molar-refractivity contribution in [3.8, 4) is 0 Å². The zero-order valence-corrected chi connectivity index (χ0v) is 12.1. The number of hydrogen-bond acceptors (Lipinski definition) is 3. The topological polar surface area (TPSA) is 66.8 Å². The molecule has 0 radical (unpaired) electrons. The van der Waals surface area contributed by atoms with Gasteiger partial charge in [0.1, 0.15) is 6.10 Å². The van der Waals surface area contributed by atoms with E-state index < -0.39 is 20.5 Å². The third kappa shape index (κ3) is 3.07. The second-order valence-electron chi connectivity index (χ2n) is 6.00. The molecule has 17 heavy (non-hydrogen) atoms. The highest BCUT2D eigenvalue weighted by Crippen LogP contribution is 2.37. The molecule has 0 saturated carbocycles. The molecule has 5 nitrogen and oxygen atoms in total. The second-order valence-corrected chi connectivity index (χ2v) is 10.8. The molecule has 0 aliphatic carbocycles. The van der Waals surface area contributed by atoms with Crippen molar-refractivity contribution in [3.05, 3.63) is 0 Å². The summed E-state index contributed by atoms with van der Waals surface area (Å²) in [5.74, 6) is -0.128. The Hall–Kier alpha value is -0.883. The van der Waals surface area contributed by atoms with E-state index in [0.29, 0.717) is 0 Å². The first kappa shape index (κ1) is 14.2. The summed E-state index contributed by atoms with van der Waals surface area (Å²) in [6, 6.07) is 0. The van der Waals surface area contributed by atoms with Gasteiger partial charge in [0.15, 0.2) is 14.1 Å². The second kappa shape index (κ2) is 4.42. The van der Waals surface area contributed by atoms with Gasteiger partial charge in [-0.05, 0) is 18.1 Å². The van der Waals surface area contributed by atoms with Crippen LogP contribution in [0.2, 0.25) is 18.1 Å². The van der Waals surface area contributed by atoms with Crippen molar-refractivity contribution < 1.29 is 19.1 Å². The van der Waals surface area contributed by atoms with Crippen molar-refractivity contribution in [2.45, 2.75) is 45.0 Å². The molecular formula is C11H21NO4Si. The van der Waals surface area contributed by atoms with Crippen molar-refractivity contribution in [2.24, 2.45) is 0 Å². The van der Waals surface area contributed by atoms with E-state index in [-0.39, 0.29) is 23.9 Å². The Labute approximate surface area is 103 Å². The largest absolute Gasteiger partial charge is 0.465 e. The maximum absolute atomic E-state index is 11.7. The van der Waals surface area contributed by atoms with Crippen LogP contribution in [-0.2, 0) is 9.22 Å². The number of likely N-dealkylation sites (tertiary alicyclic amines) is 1. The van der Waals surface area contributed by atoms with Crippen LogP contribution >= 0.6 is 0 Å². The monoisotopic (exact) mass is 259 g/mol. The molecule has 0 aromatic rings. The normalized spacial score (nSPS) is 22.1. The van der Waals surface area contributed by atoms with Gasteiger partial charge in [-0.15, -0.1) is 0 Å². The Kier molecular flexibility index (Phi) is 3.68. The average molecular weight is 259 g/mol. The Morgan fingerprint density at radius 1 is 1.47 bits per heavy atom. The van der Waals surface area contributed by atoms with Gasteiger partial charge in [-0.2, -0.15) is 0 Å². The van der Waals surface area contributed by atoms with Crippen molar-refractivity contribution >= 4 is 20.2 Å². The van der Waals surface area contributed by atoms with E-state index in [1.54, 1.807) is 0 Å². The van der Waals surface area contributed by atoms with Gasteiger partial charge in [0.2, 0.25) is 0 Å². The fraction of sp³-hybridized carbons (Fsp3) is 0.818. The smallest absolute Gasteiger partial charge is 0.407 e. The van der Waals surface area contributed by atoms with Crippen LogP contribution in [0.4, 0.5) is 4.79 Å². The van der Waals surface area contributed by atoms with Crippen LogP contribution in [0.25, 0.3) is 0 Å². The van der Waals surface area contributed by atoms with E-state index in [0.717, 1.165) is 4.90 Å². The quantitative estimate of drug-likeness (QED) is 0.770. The van der Waals surface area contributed by atoms with E-state index in [9.17, 15) is 9.59 Å². The van der Waals surface area contributed by atoms with Crippen molar-refractivity contribution in [1.29, 1.82) is 0 Å². The van der Waals surface area contributed by atoms with Crippen molar-refractivity contribution in [3.63, 3.8) is 0 Å². The predicted octanol–water partition coefficient (Wildman–Crippen LogP) is 1.94. The van der Waals surface area contributed by atoms with Gasteiger partial charge in [-0.3, -0.25) is 9.69 Å². The van der Waals surface area contributed by atoms with E-state index in [4.69, 9.17) is 9.53 Å². The summed E-state index contributed by atoms with van der Waals surface area (Å²) in [7, 11) is -2.02. The van der Waals surface area contributed by atoms with Crippen LogP contribution in [0.15, 0.2) is 0 Å². The fourth-order valence-corrected chi connectivity index (χ4v) is 2.71. The highest BCUT2D eigenvalue weighted by atomic mass is 28.4. The van der Waals surface area contributed by atoms with E-state index in [1.165, 1.54) is 0 Å². The van der Waals surface area contributed by atoms with Crippen LogP contribution in [0.3, 0.4) is 0 Å². The summed E-state index contributed by atoms with van der Waals surface area (Å²) >= 11 is 0. The zero-order chi connectivity index (χ0) is 13.4. The SMILES string of the molecule is CC(C)(C)[Si](C)(C)O[C@H]1CN(C(=O)O)CC1=O. The molecule has 0 aromatic carbocycles. The molecule has 1 fully saturated rings. The lowest BCUT2D eigenvalue weighted by atomic mass is 10.2. The number of carbonyl (C=O) groups is 2. The molecule has 0 bridgehead atoms. The predicted molar refractivity (Wildman–Crippen MR) is 66.7 cm³/mol. The van der Waals surface area contributed by atoms with E-state index in [1.807, 2.05) is 0 Å². The summed E-state index contributed by atoms with van der Waals surface area (Å²) in [5.41, 5.74) is 0. The molecule has 0 unspecified atom stereocenters. The lowest BCUT2D eigenvalue weighted by molar-refractivity contribution is -0.122. The molecule has 1 amide bonds. The Balaban J connectivity index is 2.71. The highest BCUT2D eigenvalue weighted by Gasteiger charge is 2.43. The number of hydrogen-bond donors (Lipinski definition) is 1. The molecule has 6 heteroatoms. The van der Waals surface area contributed by atoms with Crippen LogP contribution in [0, 0.1) is 0 Å². The molecule has 0 aromatic heterocycles. The maximum Gasteiger partial charge on any atom is 0.407 e. The molecule has 0 spiro atoms. The highest BCUT2D eigenvalue weighted by molar-refractivity contribution is 6.74. The molecule has 1 atom stereocenters. The van der Waals surface area contributed by atoms with Gasteiger partial charge in [-0.25, -0.2) is 4.79 Å². The van der Waals surface area contributed by atoms with Crippen LogP contribution in [0.1, 0.15) is 20.8 Å². The number of rotatable bonds is 2. The molecule has 1 rings (SSSR count). The van der Waals surface area contributed by atoms with Crippen LogP contribution < -0.4 is 0 Å². The van der Waals surface area contributed by atoms with Crippen molar-refractivity contribution in [2.75, 3.05) is 13.1 Å². The van der Waals surface area contributed by atoms with Crippen LogP contribution in [-0.4, -0.2) is 49.4 Å². The molecule has 1 aliphatic rings. The van der Waals surface area contributed by atoms with Gasteiger partial charge in [0, 0.05) is 0 Å². The number of amides is 1. The van der Waals surface area contributed by atoms with Gasteiger partial charge >= 0.3 is 6.09 Å². The third-order valence-corrected chi connectivity index (χ3v) is 8.09. The molecule has 1 saturated heterocycles. The van der Waals surface area contributed by atoms with Crippen molar-refractivity contribution in [1.82, 2.24) is 4.90 Å². The minimum atomic E-state index is -2.02. The first-order valence-electron chi connectivity index (χ1n) is 5.73. The van der Waals surface area contributed by atoms with E-state index >= 15 is 0 Å². The minimum absolute atomic E-state index is 0.0178. The Morgan fingerprint density at radius 2 is 2.00 bits per heavy atom. The van der Waals surface area contributed by atoms with E-state index in [2.05, 4.69) is 33.9 Å². The number of nitrogens with zero attached hydrogens (tertiary/aromatic N) is 1. The van der Waals surface area contributed by atoms with Gasteiger partial charge in [0.05, 0.1) is 13.1 Å². The summed E-state index contributed by atoms with van der Waals surface area (Å²) in [6.07, 6.45) is -1.63. The number of carboxylic acid groups (broad SMARTS) is 1. The van der Waals surface area contributed by atoms with Gasteiger partial charge < -0.3 is 9.53 Å². The molecule has 1 N–H and O–H groups in total. The number of carbonyl (C=O) groups excluding carboxylic acids is 1. The summed E-state index contributed by atoms with van der Waals surface area (Å²) in [4.78, 5) is 23.6. The summed E-state index contributed by atoms with van der Waals surface area (Å²) < 4.78 is 5.94. The minimum Gasteiger partial charge on any atom is -0.465 e. The Morgan fingerprint density at radius 3 is 2.35 bits per heavy atom. The average Bonchev–Trinajstić information content (AvgIpc) is 2.45. The van der Waals surface area contributed by atoms with Gasteiger partial charge in [0.25, 0.3) is 0 Å². The van der Waals surface area contributed by atoms with Crippen LogP contribution in [0.5, 0.6) is 0 Å². The van der Waals surface area contributed by atoms with Gasteiger partial charge in [-0.1, -0.05) is 20.8 Å². The fourth-order valence-electron chi connectivity index (χ4n) is 1.44. The first-order chi connectivity index (χ1) is 7.54. The molecule has 1 aliphatic heterocycles. The summed E-state index contributed by atoms with van der Waals surface area (Å²) in [6.45, 7) is 10.5. The standard InChI is InChI=1S/C11H21NO4Si/c1-11(2,3)17(4,5)16-9-7-12(10(14)15)6-8(9)13/h9H,6-7H2,1-5H3,(H,14,15)/t9-/m0/s1. The molecule has 1 heterocycles. The summed E-state index contributed by atoms with van der Waals surface area (Å²) in [5, 5.41) is 8.85. The zero-order valence-electron chi connectivity index (χ0n) is 11.1. The maximum atomic E-state index is 11.7. The number of Topliss-reactive ketones (excluding diaryl/α,β-unsaturated/α-hetero) is 1. The lowest BCUT2D eigenvalue weighted by Crippen LogP contribution is -2.46. The number of ketones is 1. The lowest BCUT2D eigenvalue weighted by Gasteiger charge is -2.37.